The van der Waals surface area contributed by atoms with Gasteiger partial charge in [-0.2, -0.15) is 0 Å². The van der Waals surface area contributed by atoms with Gasteiger partial charge in [0.05, 0.1) is 17.8 Å². The largest absolute Gasteiger partial charge is 0.459 e. The highest BCUT2D eigenvalue weighted by Gasteiger charge is 2.36. The predicted octanol–water partition coefficient (Wildman–Crippen LogP) is 3.39. The molecule has 6 rings (SSSR count). The highest BCUT2D eigenvalue weighted by atomic mass is 16.3. The molecule has 37 heavy (non-hydrogen) atoms. The summed E-state index contributed by atoms with van der Waals surface area (Å²) in [5.74, 6) is 0.909. The van der Waals surface area contributed by atoms with E-state index in [2.05, 4.69) is 38.4 Å². The second-order valence-electron chi connectivity index (χ2n) is 10.2. The highest BCUT2D eigenvalue weighted by molar-refractivity contribution is 5.91. The number of aromatic amines is 1. The Balaban J connectivity index is 1.40. The van der Waals surface area contributed by atoms with Crippen molar-refractivity contribution in [3.05, 3.63) is 75.2 Å². The van der Waals surface area contributed by atoms with Crippen LogP contribution >= 0.6 is 0 Å². The maximum atomic E-state index is 13.6. The highest BCUT2D eigenvalue weighted by Crippen LogP contribution is 2.34. The number of pyridine rings is 1. The van der Waals surface area contributed by atoms with E-state index in [4.69, 9.17) is 4.42 Å². The number of furan rings is 1. The van der Waals surface area contributed by atoms with Crippen LogP contribution in [-0.2, 0) is 0 Å². The number of carbonyl (C=O) groups excluding carboxylic acids is 1. The van der Waals surface area contributed by atoms with Crippen LogP contribution in [0, 0.1) is 13.8 Å². The van der Waals surface area contributed by atoms with Gasteiger partial charge in [-0.1, -0.05) is 25.0 Å². The number of amides is 1. The predicted molar refractivity (Wildman–Crippen MR) is 137 cm³/mol. The molecule has 1 aromatic carbocycles. The summed E-state index contributed by atoms with van der Waals surface area (Å²) >= 11 is 0. The van der Waals surface area contributed by atoms with E-state index in [1.165, 1.54) is 6.26 Å². The molecule has 192 valence electrons. The van der Waals surface area contributed by atoms with Crippen LogP contribution in [0.15, 0.2) is 45.8 Å². The van der Waals surface area contributed by atoms with Crippen LogP contribution in [0.2, 0.25) is 0 Å². The molecule has 10 heteroatoms. The topological polar surface area (TPSA) is 113 Å². The number of fused-ring (bicyclic) bond motifs is 1. The van der Waals surface area contributed by atoms with Crippen LogP contribution in [0.1, 0.15) is 70.8 Å². The number of benzene rings is 1. The Morgan fingerprint density at radius 3 is 2.57 bits per heavy atom. The lowest BCUT2D eigenvalue weighted by Gasteiger charge is -2.38. The quantitative estimate of drug-likeness (QED) is 0.446. The SMILES string of the molecule is Cc1ccc(C)c2[nH]c(=O)c(C(c3nnnn3C3CCCC3)N3CCN(C(=O)c4ccco4)CC3)cc12. The van der Waals surface area contributed by atoms with Gasteiger partial charge in [0.2, 0.25) is 0 Å². The fraction of sp³-hybridized carbons (Fsp3) is 0.444. The van der Waals surface area contributed by atoms with Crippen molar-refractivity contribution in [2.24, 2.45) is 0 Å². The monoisotopic (exact) mass is 501 g/mol. The number of rotatable bonds is 5. The molecule has 4 heterocycles. The molecule has 0 spiro atoms. The van der Waals surface area contributed by atoms with Crippen molar-refractivity contribution in [2.75, 3.05) is 26.2 Å². The molecule has 3 aromatic heterocycles. The van der Waals surface area contributed by atoms with Gasteiger partial charge < -0.3 is 14.3 Å². The van der Waals surface area contributed by atoms with E-state index in [0.29, 0.717) is 43.3 Å². The molecule has 0 radical (unpaired) electrons. The molecule has 2 aliphatic rings. The molecule has 1 unspecified atom stereocenters. The number of hydrogen-bond acceptors (Lipinski definition) is 7. The first-order chi connectivity index (χ1) is 18.0. The van der Waals surface area contributed by atoms with Crippen molar-refractivity contribution in [1.29, 1.82) is 0 Å². The zero-order valence-corrected chi connectivity index (χ0v) is 21.2. The van der Waals surface area contributed by atoms with Gasteiger partial charge >= 0.3 is 0 Å². The second-order valence-corrected chi connectivity index (χ2v) is 10.2. The number of piperazine rings is 1. The number of carbonyl (C=O) groups is 1. The number of nitrogens with one attached hydrogen (secondary N) is 1. The summed E-state index contributed by atoms with van der Waals surface area (Å²) in [6.07, 6.45) is 5.87. The molecule has 4 aromatic rings. The molecule has 1 aliphatic heterocycles. The zero-order chi connectivity index (χ0) is 25.5. The summed E-state index contributed by atoms with van der Waals surface area (Å²) < 4.78 is 7.26. The summed E-state index contributed by atoms with van der Waals surface area (Å²) in [6.45, 7) is 6.26. The van der Waals surface area contributed by atoms with Gasteiger partial charge in [-0.15, -0.1) is 5.10 Å². The Morgan fingerprint density at radius 1 is 1.08 bits per heavy atom. The lowest BCUT2D eigenvalue weighted by atomic mass is 9.99. The van der Waals surface area contributed by atoms with Gasteiger partial charge in [0.1, 0.15) is 6.04 Å². The average molecular weight is 502 g/mol. The number of tetrazole rings is 1. The first-order valence-corrected chi connectivity index (χ1v) is 13.0. The number of H-pyrrole nitrogens is 1. The van der Waals surface area contributed by atoms with Gasteiger partial charge in [0.25, 0.3) is 11.5 Å². The van der Waals surface area contributed by atoms with Gasteiger partial charge in [-0.3, -0.25) is 14.5 Å². The third-order valence-corrected chi connectivity index (χ3v) is 7.90. The van der Waals surface area contributed by atoms with Gasteiger partial charge in [-0.05, 0) is 66.4 Å². The van der Waals surface area contributed by atoms with Gasteiger partial charge in [0.15, 0.2) is 11.6 Å². The molecule has 1 aliphatic carbocycles. The van der Waals surface area contributed by atoms with Crippen LogP contribution in [-0.4, -0.2) is 67.1 Å². The first-order valence-electron chi connectivity index (χ1n) is 13.0. The maximum Gasteiger partial charge on any atom is 0.289 e. The van der Waals surface area contributed by atoms with Gasteiger partial charge in [-0.25, -0.2) is 4.68 Å². The first kappa shape index (κ1) is 23.6. The van der Waals surface area contributed by atoms with Crippen molar-refractivity contribution in [3.63, 3.8) is 0 Å². The lowest BCUT2D eigenvalue weighted by Crippen LogP contribution is -2.50. The molecular weight excluding hydrogens is 470 g/mol. The van der Waals surface area contributed by atoms with Crippen LogP contribution in [0.4, 0.5) is 0 Å². The molecule has 2 fully saturated rings. The molecule has 1 saturated heterocycles. The van der Waals surface area contributed by atoms with Crippen LogP contribution in [0.25, 0.3) is 10.9 Å². The minimum absolute atomic E-state index is 0.119. The zero-order valence-electron chi connectivity index (χ0n) is 21.2. The fourth-order valence-electron chi connectivity index (χ4n) is 5.82. The standard InChI is InChI=1S/C27H31N7O3/c1-17-9-10-18(2)23-20(17)16-21(26(35)28-23)24(25-29-30-31-34(25)19-6-3-4-7-19)32-11-13-33(14-12-32)27(36)22-8-5-15-37-22/h5,8-10,15-16,19,24H,3-4,6-7,11-14H2,1-2H3,(H,28,35). The lowest BCUT2D eigenvalue weighted by molar-refractivity contribution is 0.0557. The van der Waals surface area contributed by atoms with E-state index >= 15 is 0 Å². The smallest absolute Gasteiger partial charge is 0.289 e. The summed E-state index contributed by atoms with van der Waals surface area (Å²) in [5.41, 5.74) is 3.47. The Labute approximate surface area is 214 Å². The van der Waals surface area contributed by atoms with Crippen molar-refractivity contribution >= 4 is 16.8 Å². The van der Waals surface area contributed by atoms with E-state index in [-0.39, 0.29) is 17.5 Å². The minimum Gasteiger partial charge on any atom is -0.459 e. The van der Waals surface area contributed by atoms with E-state index in [0.717, 1.165) is 47.7 Å². The van der Waals surface area contributed by atoms with E-state index in [1.54, 1.807) is 17.0 Å². The third kappa shape index (κ3) is 4.25. The number of aryl methyl sites for hydroxylation is 2. The molecule has 10 nitrogen and oxygen atoms in total. The normalized spacial score (nSPS) is 18.1. The van der Waals surface area contributed by atoms with Crippen molar-refractivity contribution in [1.82, 2.24) is 35.0 Å². The van der Waals surface area contributed by atoms with Crippen molar-refractivity contribution < 1.29 is 9.21 Å². The average Bonchev–Trinajstić information content (AvgIpc) is 3.70. The Kier molecular flexibility index (Phi) is 6.11. The molecular formula is C27H31N7O3. The maximum absolute atomic E-state index is 13.6. The van der Waals surface area contributed by atoms with Crippen LogP contribution < -0.4 is 5.56 Å². The number of aromatic nitrogens is 5. The van der Waals surface area contributed by atoms with E-state index in [9.17, 15) is 9.59 Å². The number of hydrogen-bond donors (Lipinski definition) is 1. The molecule has 1 N–H and O–H groups in total. The van der Waals surface area contributed by atoms with Crippen molar-refractivity contribution in [2.45, 2.75) is 51.6 Å². The Morgan fingerprint density at radius 2 is 1.84 bits per heavy atom. The van der Waals surface area contributed by atoms with Crippen molar-refractivity contribution in [3.8, 4) is 0 Å². The van der Waals surface area contributed by atoms with Crippen LogP contribution in [0.3, 0.4) is 0 Å². The van der Waals surface area contributed by atoms with Crippen LogP contribution in [0.5, 0.6) is 0 Å². The minimum atomic E-state index is -0.426. The molecule has 1 saturated carbocycles. The van der Waals surface area contributed by atoms with E-state index < -0.39 is 6.04 Å². The van der Waals surface area contributed by atoms with E-state index in [1.807, 2.05) is 23.7 Å². The summed E-state index contributed by atoms with van der Waals surface area (Å²) in [6, 6.07) is 9.33. The summed E-state index contributed by atoms with van der Waals surface area (Å²) in [5, 5.41) is 13.9. The van der Waals surface area contributed by atoms with Gasteiger partial charge in [0, 0.05) is 37.1 Å². The fourth-order valence-corrected chi connectivity index (χ4v) is 5.82. The molecule has 0 bridgehead atoms. The third-order valence-electron chi connectivity index (χ3n) is 7.90. The second kappa shape index (κ2) is 9.59. The summed E-state index contributed by atoms with van der Waals surface area (Å²) in [4.78, 5) is 33.6. The number of nitrogens with zero attached hydrogens (tertiary/aromatic N) is 6. The Bertz CT molecular complexity index is 1480. The molecule has 1 atom stereocenters. The Hall–Kier alpha value is -3.79. The summed E-state index contributed by atoms with van der Waals surface area (Å²) in [7, 11) is 0. The molecule has 1 amide bonds.